The highest BCUT2D eigenvalue weighted by Gasteiger charge is 2.48. The van der Waals surface area contributed by atoms with Crippen LogP contribution in [0.3, 0.4) is 0 Å². The van der Waals surface area contributed by atoms with Crippen LogP contribution in [0.5, 0.6) is 0 Å². The summed E-state index contributed by atoms with van der Waals surface area (Å²) >= 11 is 0. The van der Waals surface area contributed by atoms with Gasteiger partial charge in [-0.3, -0.25) is 0 Å². The number of hydrogen-bond donors (Lipinski definition) is 0. The third-order valence-corrected chi connectivity index (χ3v) is 13.8. The number of nitrogens with zero attached hydrogens (tertiary/aromatic N) is 1. The fourth-order valence-electron chi connectivity index (χ4n) is 9.40. The Hall–Kier alpha value is -5.14. The van der Waals surface area contributed by atoms with Crippen LogP contribution in [0.15, 0.2) is 140 Å². The molecule has 0 aliphatic heterocycles. The summed E-state index contributed by atoms with van der Waals surface area (Å²) in [4.78, 5) is 2.57. The molecule has 0 saturated carbocycles. The molecular formula is C50H47N. The van der Waals surface area contributed by atoms with Crippen LogP contribution in [0.1, 0.15) is 77.6 Å². The van der Waals surface area contributed by atoms with Gasteiger partial charge in [0.15, 0.2) is 0 Å². The molecule has 0 atom stereocenters. The van der Waals surface area contributed by atoms with Gasteiger partial charge in [0.2, 0.25) is 0 Å². The molecule has 0 N–H and O–H groups in total. The van der Waals surface area contributed by atoms with Gasteiger partial charge in [0.05, 0.1) is 5.69 Å². The van der Waals surface area contributed by atoms with Crippen LogP contribution >= 0.6 is 0 Å². The van der Waals surface area contributed by atoms with Crippen molar-refractivity contribution >= 4 is 38.6 Å². The Balaban J connectivity index is 1.45. The van der Waals surface area contributed by atoms with Crippen molar-refractivity contribution in [1.29, 1.82) is 0 Å². The summed E-state index contributed by atoms with van der Waals surface area (Å²) in [6.45, 7) is 19.5. The van der Waals surface area contributed by atoms with Gasteiger partial charge in [0.25, 0.3) is 0 Å². The Labute approximate surface area is 303 Å². The Kier molecular flexibility index (Phi) is 6.67. The van der Waals surface area contributed by atoms with Gasteiger partial charge < -0.3 is 4.90 Å². The van der Waals surface area contributed by atoms with Crippen molar-refractivity contribution in [2.75, 3.05) is 4.90 Å². The molecule has 0 bridgehead atoms. The molecule has 7 aromatic rings. The zero-order valence-corrected chi connectivity index (χ0v) is 31.2. The molecule has 2 aliphatic rings. The van der Waals surface area contributed by atoms with E-state index in [0.717, 1.165) is 5.69 Å². The molecular weight excluding hydrogens is 615 g/mol. The average molecular weight is 662 g/mol. The predicted octanol–water partition coefficient (Wildman–Crippen LogP) is 13.9. The van der Waals surface area contributed by atoms with Crippen molar-refractivity contribution in [3.8, 4) is 22.3 Å². The molecule has 1 heteroatoms. The Morgan fingerprint density at radius 2 is 0.902 bits per heavy atom. The van der Waals surface area contributed by atoms with Gasteiger partial charge in [-0.15, -0.1) is 0 Å². The number of rotatable bonds is 3. The van der Waals surface area contributed by atoms with Gasteiger partial charge in [0.1, 0.15) is 0 Å². The summed E-state index contributed by atoms with van der Waals surface area (Å²) in [5.41, 5.74) is 14.2. The van der Waals surface area contributed by atoms with Crippen molar-refractivity contribution < 1.29 is 0 Å². The third-order valence-electron chi connectivity index (χ3n) is 13.8. The lowest BCUT2D eigenvalue weighted by Crippen LogP contribution is -2.44. The lowest BCUT2D eigenvalue weighted by atomic mass is 9.55. The predicted molar refractivity (Wildman–Crippen MR) is 219 cm³/mol. The van der Waals surface area contributed by atoms with E-state index in [1.54, 1.807) is 0 Å². The van der Waals surface area contributed by atoms with E-state index in [2.05, 4.69) is 200 Å². The second-order valence-electron chi connectivity index (χ2n) is 17.0. The van der Waals surface area contributed by atoms with E-state index in [0.29, 0.717) is 0 Å². The van der Waals surface area contributed by atoms with E-state index in [1.165, 1.54) is 77.4 Å². The van der Waals surface area contributed by atoms with E-state index in [1.807, 2.05) is 0 Å². The first kappa shape index (κ1) is 31.8. The van der Waals surface area contributed by atoms with Crippen LogP contribution in [-0.4, -0.2) is 0 Å². The first-order chi connectivity index (χ1) is 24.4. The highest BCUT2D eigenvalue weighted by molar-refractivity contribution is 6.17. The highest BCUT2D eigenvalue weighted by Crippen LogP contribution is 2.60. The molecule has 252 valence electrons. The molecule has 0 unspecified atom stereocenters. The zero-order chi connectivity index (χ0) is 35.5. The SMILES string of the molecule is CC1(C)c2ccccc2-c2ccc(N(c3ccccc3)c3c4c(cc5c3ccc3ccccc35)C(C)(C)C(C)(C)c3ccccc3-4)cc2C1(C)C. The van der Waals surface area contributed by atoms with Crippen molar-refractivity contribution in [1.82, 2.24) is 0 Å². The summed E-state index contributed by atoms with van der Waals surface area (Å²) in [6, 6.07) is 52.6. The van der Waals surface area contributed by atoms with Gasteiger partial charge in [-0.2, -0.15) is 0 Å². The van der Waals surface area contributed by atoms with Crippen LogP contribution in [0.25, 0.3) is 43.8 Å². The quantitative estimate of drug-likeness (QED) is 0.170. The summed E-state index contributed by atoms with van der Waals surface area (Å²) in [7, 11) is 0. The second-order valence-corrected chi connectivity index (χ2v) is 17.0. The van der Waals surface area contributed by atoms with E-state index < -0.39 is 0 Å². The number of benzene rings is 7. The minimum absolute atomic E-state index is 0.0567. The molecule has 0 radical (unpaired) electrons. The van der Waals surface area contributed by atoms with Crippen molar-refractivity contribution in [3.63, 3.8) is 0 Å². The maximum Gasteiger partial charge on any atom is 0.0621 e. The monoisotopic (exact) mass is 661 g/mol. The van der Waals surface area contributed by atoms with Gasteiger partial charge in [-0.1, -0.05) is 165 Å². The molecule has 0 amide bonds. The van der Waals surface area contributed by atoms with E-state index in [4.69, 9.17) is 0 Å². The summed E-state index contributed by atoms with van der Waals surface area (Å²) in [6.07, 6.45) is 0. The average Bonchev–Trinajstić information content (AvgIpc) is 3.14. The summed E-state index contributed by atoms with van der Waals surface area (Å²) in [5, 5.41) is 5.14. The van der Waals surface area contributed by atoms with Gasteiger partial charge in [-0.25, -0.2) is 0 Å². The third kappa shape index (κ3) is 4.21. The van der Waals surface area contributed by atoms with Crippen LogP contribution in [0, 0.1) is 0 Å². The number of para-hydroxylation sites is 1. The topological polar surface area (TPSA) is 3.24 Å². The number of hydrogen-bond acceptors (Lipinski definition) is 1. The largest absolute Gasteiger partial charge is 0.309 e. The molecule has 7 aromatic carbocycles. The Morgan fingerprint density at radius 3 is 1.63 bits per heavy atom. The Bertz CT molecular complexity index is 2530. The smallest absolute Gasteiger partial charge is 0.0621 e. The number of fused-ring (bicyclic) bond motifs is 9. The zero-order valence-electron chi connectivity index (χ0n) is 31.2. The molecule has 1 nitrogen and oxygen atoms in total. The van der Waals surface area contributed by atoms with E-state index in [-0.39, 0.29) is 21.7 Å². The lowest BCUT2D eigenvalue weighted by molar-refractivity contribution is 0.299. The van der Waals surface area contributed by atoms with Gasteiger partial charge >= 0.3 is 0 Å². The van der Waals surface area contributed by atoms with E-state index in [9.17, 15) is 0 Å². The highest BCUT2D eigenvalue weighted by atomic mass is 15.1. The fraction of sp³-hybridized carbons (Fsp3) is 0.240. The lowest BCUT2D eigenvalue weighted by Gasteiger charge is -2.50. The van der Waals surface area contributed by atoms with Crippen molar-refractivity contribution in [3.05, 3.63) is 162 Å². The Morgan fingerprint density at radius 1 is 0.353 bits per heavy atom. The maximum atomic E-state index is 2.57. The standard InChI is InChI=1S/C50H47N/c1-47(2)41-24-16-14-22-36(41)37-29-27-34(30-43(37)49(47,5)6)51(33-19-10-9-11-20-33)46-38-28-26-32-18-12-13-21-35(32)40(38)31-44-45(46)39-23-15-17-25-42(39)48(3,4)50(44,7)8/h9-31H,1-8H3. The molecule has 0 fully saturated rings. The minimum Gasteiger partial charge on any atom is -0.309 e. The van der Waals surface area contributed by atoms with Crippen LogP contribution < -0.4 is 4.90 Å². The molecule has 9 rings (SSSR count). The summed E-state index contributed by atoms with van der Waals surface area (Å²) < 4.78 is 0. The number of anilines is 3. The van der Waals surface area contributed by atoms with Crippen LogP contribution in [-0.2, 0) is 21.7 Å². The van der Waals surface area contributed by atoms with Gasteiger partial charge in [-0.05, 0) is 107 Å². The van der Waals surface area contributed by atoms with Crippen LogP contribution in [0.4, 0.5) is 17.1 Å². The normalized spacial score (nSPS) is 17.3. The minimum atomic E-state index is -0.148. The maximum absolute atomic E-state index is 2.57. The summed E-state index contributed by atoms with van der Waals surface area (Å²) in [5.74, 6) is 0. The molecule has 0 spiro atoms. The van der Waals surface area contributed by atoms with Crippen molar-refractivity contribution in [2.45, 2.75) is 77.0 Å². The molecule has 2 aliphatic carbocycles. The molecule has 0 heterocycles. The van der Waals surface area contributed by atoms with Gasteiger partial charge in [0, 0.05) is 22.3 Å². The molecule has 0 saturated heterocycles. The van der Waals surface area contributed by atoms with E-state index >= 15 is 0 Å². The second kappa shape index (κ2) is 10.7. The van der Waals surface area contributed by atoms with Crippen molar-refractivity contribution in [2.24, 2.45) is 0 Å². The first-order valence-electron chi connectivity index (χ1n) is 18.5. The first-order valence-corrected chi connectivity index (χ1v) is 18.5. The molecule has 51 heavy (non-hydrogen) atoms. The van der Waals surface area contributed by atoms with Crippen LogP contribution in [0.2, 0.25) is 0 Å². The molecule has 0 aromatic heterocycles. The fourth-order valence-corrected chi connectivity index (χ4v) is 9.40.